The van der Waals surface area contributed by atoms with Crippen LogP contribution < -0.4 is 0 Å². The van der Waals surface area contributed by atoms with Gasteiger partial charge in [0.25, 0.3) is 5.91 Å². The molecule has 204 valence electrons. The van der Waals surface area contributed by atoms with Crippen molar-refractivity contribution in [2.24, 2.45) is 11.8 Å². The lowest BCUT2D eigenvalue weighted by Gasteiger charge is -2.46. The molecule has 3 fully saturated rings. The molecule has 1 aromatic carbocycles. The summed E-state index contributed by atoms with van der Waals surface area (Å²) in [4.78, 5) is 45.5. The maximum atomic E-state index is 13.1. The fourth-order valence-corrected chi connectivity index (χ4v) is 6.07. The Bertz CT molecular complexity index is 1190. The monoisotopic (exact) mass is 552 g/mol. The zero-order chi connectivity index (χ0) is 27.7. The standard InChI is InChI=1S/C24H27ClN4O2.C2HF3O2/c1-27-23(31)20-15-28(14-17-4-3-9-26-13-17)16-21(20)24(27)7-10-29(11-8-24)22(30)18-5-2-6-19(25)12-18;3-2(4,5)1(6)7/h2-6,9,12-13,20-21H,7-8,10-11,14-16H2,1H3;(H,6,7)/t20-,21+;/m0./s1. The number of piperidine rings is 1. The normalized spacial score (nSPS) is 22.7. The first-order valence-corrected chi connectivity index (χ1v) is 12.5. The maximum Gasteiger partial charge on any atom is 0.490 e. The second-order valence-corrected chi connectivity index (χ2v) is 10.3. The van der Waals surface area contributed by atoms with Crippen molar-refractivity contribution in [1.29, 1.82) is 0 Å². The average Bonchev–Trinajstić information content (AvgIpc) is 3.38. The van der Waals surface area contributed by atoms with Gasteiger partial charge in [0.05, 0.1) is 11.5 Å². The number of alkyl halides is 3. The van der Waals surface area contributed by atoms with Crippen molar-refractivity contribution in [2.75, 3.05) is 33.2 Å². The van der Waals surface area contributed by atoms with Crippen LogP contribution >= 0.6 is 11.6 Å². The Morgan fingerprint density at radius 2 is 1.84 bits per heavy atom. The number of benzene rings is 1. The van der Waals surface area contributed by atoms with Crippen LogP contribution in [0, 0.1) is 11.8 Å². The van der Waals surface area contributed by atoms with E-state index in [9.17, 15) is 22.8 Å². The number of amides is 2. The minimum Gasteiger partial charge on any atom is -0.475 e. The van der Waals surface area contributed by atoms with Gasteiger partial charge >= 0.3 is 12.1 Å². The minimum absolute atomic E-state index is 0.0190. The van der Waals surface area contributed by atoms with E-state index >= 15 is 0 Å². The van der Waals surface area contributed by atoms with Crippen LogP contribution in [-0.2, 0) is 16.1 Å². The second-order valence-electron chi connectivity index (χ2n) is 9.87. The molecule has 0 aliphatic carbocycles. The number of carbonyl (C=O) groups excluding carboxylic acids is 2. The number of hydrogen-bond acceptors (Lipinski definition) is 5. The SMILES string of the molecule is CN1C(=O)[C@H]2CN(Cc3cccnc3)C[C@H]2C12CCN(C(=O)c1cccc(Cl)c1)CC2.O=C(O)C(F)(F)F. The fraction of sp³-hybridized carbons (Fsp3) is 0.462. The number of likely N-dealkylation sites (tertiary alicyclic amines) is 3. The average molecular weight is 553 g/mol. The minimum atomic E-state index is -5.08. The molecule has 3 aliphatic rings. The van der Waals surface area contributed by atoms with E-state index in [2.05, 4.69) is 16.0 Å². The van der Waals surface area contributed by atoms with Gasteiger partial charge in [-0.3, -0.25) is 19.5 Å². The van der Waals surface area contributed by atoms with Crippen molar-refractivity contribution in [3.8, 4) is 0 Å². The summed E-state index contributed by atoms with van der Waals surface area (Å²) >= 11 is 6.07. The van der Waals surface area contributed by atoms with Crippen LogP contribution in [0.1, 0.15) is 28.8 Å². The Hall–Kier alpha value is -3.18. The number of carboxylic acids is 1. The summed E-state index contributed by atoms with van der Waals surface area (Å²) < 4.78 is 31.7. The lowest BCUT2D eigenvalue weighted by atomic mass is 9.75. The summed E-state index contributed by atoms with van der Waals surface area (Å²) in [5.41, 5.74) is 1.65. The van der Waals surface area contributed by atoms with Crippen LogP contribution in [0.5, 0.6) is 0 Å². The third kappa shape index (κ3) is 5.63. The summed E-state index contributed by atoms with van der Waals surface area (Å²) in [5.74, 6) is -2.12. The number of fused-ring (bicyclic) bond motifs is 2. The third-order valence-corrected chi connectivity index (χ3v) is 8.00. The fourth-order valence-electron chi connectivity index (χ4n) is 5.88. The van der Waals surface area contributed by atoms with Gasteiger partial charge in [0.15, 0.2) is 0 Å². The molecule has 0 saturated carbocycles. The quantitative estimate of drug-likeness (QED) is 0.626. The third-order valence-electron chi connectivity index (χ3n) is 7.76. The first-order valence-electron chi connectivity index (χ1n) is 12.2. The molecule has 2 atom stereocenters. The van der Waals surface area contributed by atoms with Gasteiger partial charge in [0.1, 0.15) is 0 Å². The molecule has 1 N–H and O–H groups in total. The molecule has 2 amide bonds. The molecule has 1 aromatic heterocycles. The molecule has 3 saturated heterocycles. The molecule has 2 aromatic rings. The van der Waals surface area contributed by atoms with E-state index in [-0.39, 0.29) is 23.3 Å². The van der Waals surface area contributed by atoms with Gasteiger partial charge in [-0.05, 0) is 42.7 Å². The number of rotatable bonds is 3. The van der Waals surface area contributed by atoms with Gasteiger partial charge in [-0.25, -0.2) is 4.79 Å². The van der Waals surface area contributed by atoms with Crippen LogP contribution in [0.3, 0.4) is 0 Å². The van der Waals surface area contributed by atoms with Crippen molar-refractivity contribution in [1.82, 2.24) is 19.7 Å². The molecule has 0 radical (unpaired) electrons. The zero-order valence-corrected chi connectivity index (χ0v) is 21.5. The summed E-state index contributed by atoms with van der Waals surface area (Å²) in [6.45, 7) is 3.87. The Morgan fingerprint density at radius 1 is 1.16 bits per heavy atom. The van der Waals surface area contributed by atoms with Crippen LogP contribution in [0.25, 0.3) is 0 Å². The van der Waals surface area contributed by atoms with Gasteiger partial charge < -0.3 is 14.9 Å². The van der Waals surface area contributed by atoms with Crippen LogP contribution in [-0.4, -0.2) is 87.5 Å². The predicted molar refractivity (Wildman–Crippen MR) is 132 cm³/mol. The molecule has 8 nitrogen and oxygen atoms in total. The number of hydrogen-bond donors (Lipinski definition) is 1. The second kappa shape index (κ2) is 10.9. The van der Waals surface area contributed by atoms with Crippen LogP contribution in [0.15, 0.2) is 48.8 Å². The Morgan fingerprint density at radius 3 is 2.42 bits per heavy atom. The van der Waals surface area contributed by atoms with E-state index in [0.717, 1.165) is 32.5 Å². The predicted octanol–water partition coefficient (Wildman–Crippen LogP) is 3.56. The Labute approximate surface area is 223 Å². The highest BCUT2D eigenvalue weighted by Crippen LogP contribution is 2.49. The summed E-state index contributed by atoms with van der Waals surface area (Å²) in [6, 6.07) is 11.2. The van der Waals surface area contributed by atoms with Crippen molar-refractivity contribution >= 4 is 29.4 Å². The molecule has 38 heavy (non-hydrogen) atoms. The molecule has 1 spiro atoms. The first-order chi connectivity index (χ1) is 17.9. The maximum absolute atomic E-state index is 13.1. The molecular weight excluding hydrogens is 525 g/mol. The van der Waals surface area contributed by atoms with E-state index in [4.69, 9.17) is 21.5 Å². The molecule has 5 rings (SSSR count). The lowest BCUT2D eigenvalue weighted by Crippen LogP contribution is -2.56. The van der Waals surface area contributed by atoms with Gasteiger partial charge in [0, 0.05) is 68.7 Å². The molecular formula is C26H28ClF3N4O4. The van der Waals surface area contributed by atoms with Gasteiger partial charge in [-0.2, -0.15) is 13.2 Å². The number of carboxylic acid groups (broad SMARTS) is 1. The summed E-state index contributed by atoms with van der Waals surface area (Å²) in [5, 5.41) is 7.70. The Balaban J connectivity index is 0.000000426. The van der Waals surface area contributed by atoms with E-state index in [1.54, 1.807) is 18.3 Å². The number of aliphatic carboxylic acids is 1. The van der Waals surface area contributed by atoms with Crippen LogP contribution in [0.2, 0.25) is 5.02 Å². The first kappa shape index (κ1) is 27.8. The van der Waals surface area contributed by atoms with E-state index in [0.29, 0.717) is 29.6 Å². The van der Waals surface area contributed by atoms with Gasteiger partial charge in [-0.15, -0.1) is 0 Å². The highest BCUT2D eigenvalue weighted by molar-refractivity contribution is 6.30. The van der Waals surface area contributed by atoms with Crippen molar-refractivity contribution in [2.45, 2.75) is 31.1 Å². The topological polar surface area (TPSA) is 94.1 Å². The smallest absolute Gasteiger partial charge is 0.475 e. The van der Waals surface area contributed by atoms with Gasteiger partial charge in [0.2, 0.25) is 5.91 Å². The zero-order valence-electron chi connectivity index (χ0n) is 20.7. The van der Waals surface area contributed by atoms with Crippen molar-refractivity contribution < 1.29 is 32.7 Å². The molecule has 4 heterocycles. The van der Waals surface area contributed by atoms with Crippen molar-refractivity contribution in [3.63, 3.8) is 0 Å². The van der Waals surface area contributed by atoms with Crippen LogP contribution in [0.4, 0.5) is 13.2 Å². The number of halogens is 4. The van der Waals surface area contributed by atoms with E-state index in [1.807, 2.05) is 41.2 Å². The summed E-state index contributed by atoms with van der Waals surface area (Å²) in [6.07, 6.45) is 0.249. The summed E-state index contributed by atoms with van der Waals surface area (Å²) in [7, 11) is 1.96. The number of carbonyl (C=O) groups is 3. The Kier molecular flexibility index (Phi) is 7.98. The molecule has 0 bridgehead atoms. The van der Waals surface area contributed by atoms with E-state index in [1.165, 1.54) is 5.56 Å². The largest absolute Gasteiger partial charge is 0.490 e. The molecule has 0 unspecified atom stereocenters. The molecule has 12 heteroatoms. The van der Waals surface area contributed by atoms with Gasteiger partial charge in [-0.1, -0.05) is 23.7 Å². The van der Waals surface area contributed by atoms with E-state index < -0.39 is 12.1 Å². The lowest BCUT2D eigenvalue weighted by molar-refractivity contribution is -0.192. The number of nitrogens with zero attached hydrogens (tertiary/aromatic N) is 4. The highest BCUT2D eigenvalue weighted by Gasteiger charge is 2.60. The number of aromatic nitrogens is 1. The highest BCUT2D eigenvalue weighted by atomic mass is 35.5. The number of pyridine rings is 1. The van der Waals surface area contributed by atoms with Crippen molar-refractivity contribution in [3.05, 3.63) is 64.9 Å². The molecule has 3 aliphatic heterocycles.